The van der Waals surface area contributed by atoms with Crippen molar-refractivity contribution in [2.24, 2.45) is 11.8 Å². The van der Waals surface area contributed by atoms with Gasteiger partial charge in [-0.1, -0.05) is 43.1 Å². The SMILES string of the molecule is CC(C)=C(CC1=C(CCP)C(O)CC1)/C(C)=C\CC1CC1CCC(C)(C)O.CCC. The number of rotatable bonds is 10. The van der Waals surface area contributed by atoms with E-state index in [1.54, 1.807) is 0 Å². The lowest BCUT2D eigenvalue weighted by Gasteiger charge is -2.16. The zero-order valence-electron chi connectivity index (χ0n) is 20.9. The summed E-state index contributed by atoms with van der Waals surface area (Å²) in [6, 6.07) is 0. The predicted molar refractivity (Wildman–Crippen MR) is 136 cm³/mol. The van der Waals surface area contributed by atoms with Gasteiger partial charge >= 0.3 is 0 Å². The number of allylic oxidation sites excluding steroid dienone is 5. The van der Waals surface area contributed by atoms with E-state index >= 15 is 0 Å². The van der Waals surface area contributed by atoms with Crippen LogP contribution in [0.15, 0.2) is 33.9 Å². The molecule has 30 heavy (non-hydrogen) atoms. The molecule has 1 fully saturated rings. The maximum atomic E-state index is 10.3. The van der Waals surface area contributed by atoms with Gasteiger partial charge < -0.3 is 10.2 Å². The highest BCUT2D eigenvalue weighted by Gasteiger charge is 2.36. The summed E-state index contributed by atoms with van der Waals surface area (Å²) >= 11 is 0. The Kier molecular flexibility index (Phi) is 12.1. The highest BCUT2D eigenvalue weighted by molar-refractivity contribution is 7.16. The van der Waals surface area contributed by atoms with Crippen LogP contribution >= 0.6 is 9.24 Å². The van der Waals surface area contributed by atoms with E-state index in [2.05, 4.69) is 49.9 Å². The predicted octanol–water partition coefficient (Wildman–Crippen LogP) is 7.37. The van der Waals surface area contributed by atoms with Crippen LogP contribution in [0.1, 0.15) is 106 Å². The van der Waals surface area contributed by atoms with Gasteiger partial charge in [0, 0.05) is 0 Å². The van der Waals surface area contributed by atoms with Crippen LogP contribution in [0.3, 0.4) is 0 Å². The van der Waals surface area contributed by atoms with Gasteiger partial charge in [0.2, 0.25) is 0 Å². The molecule has 0 aromatic rings. The second kappa shape index (κ2) is 13.2. The van der Waals surface area contributed by atoms with Crippen molar-refractivity contribution in [3.05, 3.63) is 33.9 Å². The van der Waals surface area contributed by atoms with Gasteiger partial charge in [-0.15, -0.1) is 9.24 Å². The largest absolute Gasteiger partial charge is 0.390 e. The summed E-state index contributed by atoms with van der Waals surface area (Å²) in [6.07, 6.45) is 13.0. The molecule has 4 atom stereocenters. The molecular formula is C27H49O2P. The van der Waals surface area contributed by atoms with Gasteiger partial charge in [0.25, 0.3) is 0 Å². The van der Waals surface area contributed by atoms with E-state index in [4.69, 9.17) is 0 Å². The van der Waals surface area contributed by atoms with Crippen LogP contribution in [0.5, 0.6) is 0 Å². The third-order valence-electron chi connectivity index (χ3n) is 6.38. The number of aliphatic hydroxyl groups is 2. The number of aliphatic hydroxyl groups excluding tert-OH is 1. The average molecular weight is 437 g/mol. The van der Waals surface area contributed by atoms with Crippen molar-refractivity contribution < 1.29 is 10.2 Å². The molecule has 2 nitrogen and oxygen atoms in total. The van der Waals surface area contributed by atoms with Gasteiger partial charge in [0.05, 0.1) is 11.7 Å². The minimum absolute atomic E-state index is 0.216. The first-order valence-electron chi connectivity index (χ1n) is 12.2. The first-order chi connectivity index (χ1) is 14.0. The molecule has 0 radical (unpaired) electrons. The fraction of sp³-hybridized carbons (Fsp3) is 0.778. The Morgan fingerprint density at radius 1 is 1.17 bits per heavy atom. The van der Waals surface area contributed by atoms with Gasteiger partial charge in [0.1, 0.15) is 0 Å². The molecule has 0 bridgehead atoms. The quantitative estimate of drug-likeness (QED) is 0.213. The monoisotopic (exact) mass is 436 g/mol. The van der Waals surface area contributed by atoms with E-state index in [0.29, 0.717) is 0 Å². The Hall–Kier alpha value is -0.430. The molecule has 0 spiro atoms. The van der Waals surface area contributed by atoms with Crippen LogP contribution in [0, 0.1) is 11.8 Å². The average Bonchev–Trinajstić information content (AvgIpc) is 3.33. The van der Waals surface area contributed by atoms with Crippen LogP contribution in [0.2, 0.25) is 0 Å². The summed E-state index contributed by atoms with van der Waals surface area (Å²) in [4.78, 5) is 0. The van der Waals surface area contributed by atoms with Gasteiger partial charge in [-0.3, -0.25) is 0 Å². The van der Waals surface area contributed by atoms with E-state index in [1.807, 2.05) is 13.8 Å². The van der Waals surface area contributed by atoms with Crippen molar-refractivity contribution in [3.8, 4) is 0 Å². The third-order valence-corrected chi connectivity index (χ3v) is 6.67. The summed E-state index contributed by atoms with van der Waals surface area (Å²) in [5.41, 5.74) is 6.53. The zero-order chi connectivity index (χ0) is 22.9. The van der Waals surface area contributed by atoms with Gasteiger partial charge in [-0.05, 0) is 115 Å². The van der Waals surface area contributed by atoms with E-state index in [1.165, 1.54) is 47.1 Å². The lowest BCUT2D eigenvalue weighted by molar-refractivity contribution is 0.0667. The smallest absolute Gasteiger partial charge is 0.0756 e. The summed E-state index contributed by atoms with van der Waals surface area (Å²) in [5.74, 6) is 1.61. The molecule has 3 heteroatoms. The number of hydrogen-bond donors (Lipinski definition) is 2. The fourth-order valence-corrected chi connectivity index (χ4v) is 4.76. The molecule has 1 saturated carbocycles. The Morgan fingerprint density at radius 3 is 2.33 bits per heavy atom. The Morgan fingerprint density at radius 2 is 1.80 bits per heavy atom. The minimum Gasteiger partial charge on any atom is -0.390 e. The molecule has 4 unspecified atom stereocenters. The summed E-state index contributed by atoms with van der Waals surface area (Å²) in [6.45, 7) is 14.8. The van der Waals surface area contributed by atoms with Crippen LogP contribution in [0.4, 0.5) is 0 Å². The Bertz CT molecular complexity index is 617. The second-order valence-electron chi connectivity index (χ2n) is 10.3. The van der Waals surface area contributed by atoms with Crippen LogP contribution in [0.25, 0.3) is 0 Å². The second-order valence-corrected chi connectivity index (χ2v) is 10.9. The first-order valence-corrected chi connectivity index (χ1v) is 13.0. The van der Waals surface area contributed by atoms with Crippen molar-refractivity contribution in [1.82, 2.24) is 0 Å². The van der Waals surface area contributed by atoms with Gasteiger partial charge in [-0.25, -0.2) is 0 Å². The molecule has 174 valence electrons. The lowest BCUT2D eigenvalue weighted by atomic mass is 9.92. The van der Waals surface area contributed by atoms with Gasteiger partial charge in [-0.2, -0.15) is 0 Å². The van der Waals surface area contributed by atoms with Crippen LogP contribution in [-0.2, 0) is 0 Å². The van der Waals surface area contributed by atoms with E-state index in [9.17, 15) is 10.2 Å². The van der Waals surface area contributed by atoms with E-state index in [-0.39, 0.29) is 6.10 Å². The standard InChI is InChI=1S/C24H41O2P.C3H8/c1-16(2)22(15-20-8-9-23(25)21(20)11-13-27)17(3)6-7-18-14-19(18)10-12-24(4,5)26;1-3-2/h6,18-19,23,25-26H,7-15,27H2,1-5H3;3H2,1-2H3/b17-6-;. The topological polar surface area (TPSA) is 40.5 Å². The maximum Gasteiger partial charge on any atom is 0.0756 e. The number of hydrogen-bond acceptors (Lipinski definition) is 2. The van der Waals surface area contributed by atoms with Gasteiger partial charge in [0.15, 0.2) is 0 Å². The molecule has 0 aliphatic heterocycles. The van der Waals surface area contributed by atoms with Crippen molar-refractivity contribution in [1.29, 1.82) is 0 Å². The molecule has 2 rings (SSSR count). The summed E-state index contributed by atoms with van der Waals surface area (Å²) in [7, 11) is 2.79. The lowest BCUT2D eigenvalue weighted by Crippen LogP contribution is -2.18. The zero-order valence-corrected chi connectivity index (χ0v) is 22.0. The molecule has 0 aromatic heterocycles. The van der Waals surface area contributed by atoms with Crippen LogP contribution in [-0.4, -0.2) is 28.1 Å². The maximum absolute atomic E-state index is 10.3. The summed E-state index contributed by atoms with van der Waals surface area (Å²) in [5, 5.41) is 20.2. The highest BCUT2D eigenvalue weighted by atomic mass is 31.0. The molecule has 0 heterocycles. The molecule has 2 aliphatic carbocycles. The van der Waals surface area contributed by atoms with Crippen molar-refractivity contribution in [3.63, 3.8) is 0 Å². The normalized spacial score (nSPS) is 23.9. The first kappa shape index (κ1) is 27.6. The minimum atomic E-state index is -0.525. The fourth-order valence-electron chi connectivity index (χ4n) is 4.45. The molecular weight excluding hydrogens is 387 g/mol. The summed E-state index contributed by atoms with van der Waals surface area (Å²) < 4.78 is 0. The van der Waals surface area contributed by atoms with Crippen molar-refractivity contribution >= 4 is 9.24 Å². The Balaban J connectivity index is 0.00000141. The van der Waals surface area contributed by atoms with Crippen molar-refractivity contribution in [2.75, 3.05) is 6.16 Å². The Labute approximate surface area is 189 Å². The molecule has 0 amide bonds. The molecule has 0 saturated heterocycles. The highest BCUT2D eigenvalue weighted by Crippen LogP contribution is 2.46. The molecule has 0 aromatic carbocycles. The van der Waals surface area contributed by atoms with Crippen LogP contribution < -0.4 is 0 Å². The third kappa shape index (κ3) is 9.80. The van der Waals surface area contributed by atoms with Crippen molar-refractivity contribution in [2.45, 2.75) is 118 Å². The van der Waals surface area contributed by atoms with E-state index in [0.717, 1.165) is 56.5 Å². The molecule has 2 N–H and O–H groups in total. The molecule has 2 aliphatic rings. The van der Waals surface area contributed by atoms with E-state index < -0.39 is 5.60 Å².